The van der Waals surface area contributed by atoms with E-state index in [0.29, 0.717) is 37.7 Å². The van der Waals surface area contributed by atoms with Gasteiger partial charge in [0.15, 0.2) is 81.6 Å². The number of carbonyl (C=O) groups excluding carboxylic acids is 13. The summed E-state index contributed by atoms with van der Waals surface area (Å²) >= 11 is 0. The number of allylic oxidation sites excluding steroid dienone is 15. The van der Waals surface area contributed by atoms with E-state index in [2.05, 4.69) is 61.7 Å². The Morgan fingerprint density at radius 1 is 0.467 bits per heavy atom. The van der Waals surface area contributed by atoms with Gasteiger partial charge in [-0.1, -0.05) is 256 Å². The Kier molecular flexibility index (Phi) is 98.5. The highest BCUT2D eigenvalue weighted by atomic mass is 32.2. The summed E-state index contributed by atoms with van der Waals surface area (Å²) in [6, 6.07) is 11.8. The Labute approximate surface area is 905 Å². The zero-order valence-electron chi connectivity index (χ0n) is 99.0. The fourth-order valence-corrected chi connectivity index (χ4v) is 10.7. The van der Waals surface area contributed by atoms with Gasteiger partial charge in [-0.25, -0.2) is 30.0 Å². The third-order valence-electron chi connectivity index (χ3n) is 16.7. The lowest BCUT2D eigenvalue weighted by Crippen LogP contribution is -2.45. The van der Waals surface area contributed by atoms with Crippen LogP contribution >= 0.6 is 0 Å². The van der Waals surface area contributed by atoms with Gasteiger partial charge in [0.05, 0.1) is 45.2 Å². The fourth-order valence-electron chi connectivity index (χ4n) is 7.81. The first kappa shape index (κ1) is 168. The summed E-state index contributed by atoms with van der Waals surface area (Å²) in [6.45, 7) is 94.6. The Balaban J connectivity index is -0.000000111. The van der Waals surface area contributed by atoms with Gasteiger partial charge in [-0.2, -0.15) is 36.8 Å². The molecule has 0 saturated heterocycles. The number of sulfone groups is 3. The molecule has 31 nitrogen and oxygen atoms in total. The van der Waals surface area contributed by atoms with Crippen molar-refractivity contribution >= 4 is 105 Å². The number of Topliss-reactive ketones (excluding diaryl/α,β-unsaturated/α-hetero) is 5. The minimum Gasteiger partial charge on any atom is -0.463 e. The standard InChI is InChI=1S/2C10H19NO.C10H16O3.C9H13NO.C9H14O2.C9H16O2.C9H14O.2C8H11NO.2C7H11NO2S.C7H11NO.C7H9NO.C6H9NO2S/c1-10(2,3)9(12)7-6-8-11(4)5;1-6-8-11(9(12)7-2)10(3,4)5;1-5-13-9(12)7-6-8(11)10(2,3)4;1-4-8(6-10)9(11)5-7(2)3;1-7(10)5-6-8(11)9(2,3)4;1-9(2,3)8(11)6-4-5-7-10;1-5-6-7-8(10)9(2,3)4;1-6(2)4-8(10)7(3)5-9;1-4-7(5-9)8(10)6(2)3;1-6(2)5-11(9,10)7(3)4-8;1-4-7(5-8)11(9,10)6(2)3;1-5-6(9)8-7(2,3)4;1-5(2)7(9)6(3)4-8;1-5(2)10(8,9)6(3)4-7/h6-7H,8H2,1-5H3;7H,2,6,8H2,1,3-5H3;6-7H,5H2,1-4H3;4,7H,5H2,1-3H3;5-6H,1-4H3;4,6,10H,5,7H2,1-3H3;5H2,1-4H3;6H,3-4H2,1-2H3;4,6H,1-3H3;6H,3,5H2,1-2H3;4,6H,1-3H3;1H,2-4H3,(H,8,9);5H,3H2,1-2H3;5H,3H2,1-2H3/b7-6+;;7-6+;8-4+;6-5+;6-4+;;;7-4+;;7-4+;;;. The highest BCUT2D eigenvalue weighted by Crippen LogP contribution is 2.21. The van der Waals surface area contributed by atoms with E-state index in [-0.39, 0.29) is 170 Å². The van der Waals surface area contributed by atoms with Gasteiger partial charge in [-0.05, 0) is 197 Å². The molecule has 0 atom stereocenters. The van der Waals surface area contributed by atoms with Crippen molar-refractivity contribution in [3.05, 3.63) is 143 Å². The number of rotatable bonds is 31. The molecular weight excluding hydrogens is 1970 g/mol. The van der Waals surface area contributed by atoms with Crippen LogP contribution in [0.5, 0.6) is 0 Å². The number of hydrogen-bond acceptors (Lipinski definition) is 29. The van der Waals surface area contributed by atoms with Gasteiger partial charge in [0, 0.05) is 95.0 Å². The molecule has 34 heteroatoms. The van der Waals surface area contributed by atoms with E-state index in [1.54, 1.807) is 146 Å². The van der Waals surface area contributed by atoms with Crippen LogP contribution < -0.4 is 5.32 Å². The number of nitriles is 7. The van der Waals surface area contributed by atoms with Crippen LogP contribution in [0.3, 0.4) is 0 Å². The minimum atomic E-state index is -3.38. The molecule has 0 saturated carbocycles. The van der Waals surface area contributed by atoms with Crippen LogP contribution in [-0.2, 0) is 96.6 Å². The molecule has 0 radical (unpaired) electrons. The van der Waals surface area contributed by atoms with Gasteiger partial charge in [0.1, 0.15) is 57.2 Å². The van der Waals surface area contributed by atoms with E-state index < -0.39 is 51.4 Å². The Morgan fingerprint density at radius 2 is 0.847 bits per heavy atom. The topological polar surface area (TPSA) is 539 Å². The van der Waals surface area contributed by atoms with Gasteiger partial charge < -0.3 is 25.0 Å². The van der Waals surface area contributed by atoms with Gasteiger partial charge >= 0.3 is 5.97 Å². The van der Waals surface area contributed by atoms with E-state index in [9.17, 15) is 87.6 Å². The molecule has 2 amide bonds. The van der Waals surface area contributed by atoms with Crippen molar-refractivity contribution in [1.29, 1.82) is 36.8 Å². The second-order valence-electron chi connectivity index (χ2n) is 42.1. The molecule has 0 rings (SSSR count). The molecule has 0 heterocycles. The lowest BCUT2D eigenvalue weighted by atomic mass is 9.90. The smallest absolute Gasteiger partial charge is 0.330 e. The maximum absolute atomic E-state index is 11.4. The van der Waals surface area contributed by atoms with Crippen molar-refractivity contribution in [2.24, 2.45) is 56.7 Å². The summed E-state index contributed by atoms with van der Waals surface area (Å²) in [4.78, 5) is 146. The Morgan fingerprint density at radius 3 is 1.07 bits per heavy atom. The van der Waals surface area contributed by atoms with E-state index in [1.165, 1.54) is 69.4 Å². The average Bonchev–Trinajstić information content (AvgIpc) is 0.852. The van der Waals surface area contributed by atoms with Gasteiger partial charge in [0.25, 0.3) is 5.91 Å². The molecule has 0 aliphatic heterocycles. The zero-order chi connectivity index (χ0) is 123. The summed E-state index contributed by atoms with van der Waals surface area (Å²) in [5.41, 5.74) is -1.34. The van der Waals surface area contributed by atoms with Crippen LogP contribution in [0, 0.1) is 160 Å². The van der Waals surface area contributed by atoms with E-state index in [0.717, 1.165) is 32.0 Å². The predicted octanol–water partition coefficient (Wildman–Crippen LogP) is 21.4. The number of amides is 2. The van der Waals surface area contributed by atoms with Crippen molar-refractivity contribution < 1.29 is 97.4 Å². The molecule has 0 aromatic carbocycles. The number of aliphatic hydroxyl groups is 1. The highest BCUT2D eigenvalue weighted by molar-refractivity contribution is 7.96. The predicted molar refractivity (Wildman–Crippen MR) is 606 cm³/mol. The molecule has 2 N–H and O–H groups in total. The van der Waals surface area contributed by atoms with E-state index in [4.69, 9.17) is 48.4 Å². The molecule has 0 aliphatic rings. The van der Waals surface area contributed by atoms with Crippen LogP contribution in [0.4, 0.5) is 0 Å². The molecule has 0 bridgehead atoms. The number of nitrogens with one attached hydrogen (secondary N) is 1. The fraction of sp³-hybridized carbons (Fsp3) is 0.586. The third-order valence-corrected chi connectivity index (χ3v) is 22.9. The number of aliphatic hydroxyl groups excluding tert-OH is 1. The van der Waals surface area contributed by atoms with Crippen LogP contribution in [0.2, 0.25) is 0 Å². The molecular formula is C116H184N10O21S3. The number of esters is 1. The van der Waals surface area contributed by atoms with Gasteiger partial charge in [-0.3, -0.25) is 57.5 Å². The molecule has 0 aliphatic carbocycles. The van der Waals surface area contributed by atoms with Crippen LogP contribution in [0.25, 0.3) is 0 Å². The molecule has 0 unspecified atom stereocenters. The summed E-state index contributed by atoms with van der Waals surface area (Å²) in [7, 11) is -6.13. The summed E-state index contributed by atoms with van der Waals surface area (Å²) in [6.07, 6.45) is 25.7. The lowest BCUT2D eigenvalue weighted by Gasteiger charge is -2.34. The second-order valence-corrected chi connectivity index (χ2v) is 49.2. The number of ether oxygens (including phenoxy) is 1. The molecule has 842 valence electrons. The quantitative estimate of drug-likeness (QED) is 0.0214. The lowest BCUT2D eigenvalue weighted by molar-refractivity contribution is -0.137. The third kappa shape index (κ3) is 103. The van der Waals surface area contributed by atoms with Crippen molar-refractivity contribution in [2.45, 2.75) is 344 Å². The number of nitrogens with zero attached hydrogens (tertiary/aromatic N) is 9. The SMILES string of the molecule is C#CC(=O)NC(C)(C)C.C/C=C(\C#N)C(=O)C(C)C.C/C=C(\C#N)C(=O)CC(C)C.C/C=C(\C#N)S(=O)(=O)C(C)C.C=C(C#N)C(=O)C(C)C.C=C(C#N)C(=O)CC(C)C.C=C(C#N)S(=O)(=O)C(C)C.C=C(C#N)S(=O)(=O)CC(C)C.C=CC(=O)N(CCC)C(C)(C)C.CC(=O)/C=C/C(=O)C(C)(C)C.CC(C)(C)C(=O)/C=C/CCO.CCC#CC(=O)C(C)(C)C.CCOC(=O)/C=C/C(=O)C(C)(C)C.CN(C)C/C=C/C(=O)C(C)(C)C. The number of likely N-dealkylation sites (N-methyl/N-ethyl adjacent to an activating group) is 1. The van der Waals surface area contributed by atoms with Crippen LogP contribution in [0.15, 0.2) is 143 Å². The average molecular weight is 2150 g/mol. The largest absolute Gasteiger partial charge is 0.463 e. The normalized spacial score (nSPS) is 11.2. The number of ketones is 10. The summed E-state index contributed by atoms with van der Waals surface area (Å²) in [5.74, 6) is 6.64. The van der Waals surface area contributed by atoms with E-state index >= 15 is 0 Å². The van der Waals surface area contributed by atoms with Gasteiger partial charge in [0.2, 0.25) is 11.7 Å². The Hall–Kier alpha value is -12.7. The van der Waals surface area contributed by atoms with Crippen molar-refractivity contribution in [3.63, 3.8) is 0 Å². The Bertz CT molecular complexity index is 5340. The maximum Gasteiger partial charge on any atom is 0.330 e. The van der Waals surface area contributed by atoms with Crippen molar-refractivity contribution in [3.8, 4) is 66.7 Å². The minimum absolute atomic E-state index is 0.000602. The molecule has 150 heavy (non-hydrogen) atoms. The van der Waals surface area contributed by atoms with Crippen LogP contribution in [-0.4, -0.2) is 184 Å². The molecule has 0 fully saturated rings. The first-order chi connectivity index (χ1) is 67.6. The van der Waals surface area contributed by atoms with Gasteiger partial charge in [-0.15, -0.1) is 6.42 Å². The molecule has 0 spiro atoms. The number of carbonyl (C=O) groups is 13. The molecule has 0 aromatic rings. The van der Waals surface area contributed by atoms with Crippen LogP contribution in [0.1, 0.15) is 323 Å². The maximum atomic E-state index is 11.4. The first-order valence-electron chi connectivity index (χ1n) is 48.6. The summed E-state index contributed by atoms with van der Waals surface area (Å²) < 4.78 is 71.0. The van der Waals surface area contributed by atoms with Crippen molar-refractivity contribution in [1.82, 2.24) is 15.1 Å². The second kappa shape index (κ2) is 88.1. The zero-order valence-corrected chi connectivity index (χ0v) is 101. The monoisotopic (exact) mass is 2150 g/mol. The van der Waals surface area contributed by atoms with E-state index in [1.807, 2.05) is 207 Å². The number of hydrogen-bond donors (Lipinski definition) is 2. The summed E-state index contributed by atoms with van der Waals surface area (Å²) in [5, 5.41) is 68.1. The first-order valence-corrected chi connectivity index (χ1v) is 53.3. The highest BCUT2D eigenvalue weighted by Gasteiger charge is 2.27. The number of terminal acetylenes is 1. The van der Waals surface area contributed by atoms with Crippen molar-refractivity contribution in [2.75, 3.05) is 46.2 Å². The molecule has 0 aromatic heterocycles.